The van der Waals surface area contributed by atoms with Gasteiger partial charge in [0.15, 0.2) is 0 Å². The molecular weight excluding hydrogens is 240 g/mol. The first kappa shape index (κ1) is 13.3. The maximum Gasteiger partial charge on any atom is 0.272 e. The summed E-state index contributed by atoms with van der Waals surface area (Å²) in [7, 11) is 1.78. The summed E-state index contributed by atoms with van der Waals surface area (Å²) < 4.78 is 0. The van der Waals surface area contributed by atoms with Crippen LogP contribution in [0.5, 0.6) is 0 Å². The second-order valence-corrected chi connectivity index (χ2v) is 4.43. The van der Waals surface area contributed by atoms with Crippen LogP contribution in [-0.4, -0.2) is 34.4 Å². The van der Waals surface area contributed by atoms with Gasteiger partial charge in [0, 0.05) is 44.6 Å². The van der Waals surface area contributed by atoms with Gasteiger partial charge in [0.25, 0.3) is 5.91 Å². The van der Waals surface area contributed by atoms with Crippen molar-refractivity contribution in [2.24, 2.45) is 5.73 Å². The molecule has 0 aliphatic carbocycles. The minimum absolute atomic E-state index is 0.0740. The van der Waals surface area contributed by atoms with Crippen molar-refractivity contribution >= 4 is 5.91 Å². The number of aromatic nitrogens is 2. The van der Waals surface area contributed by atoms with Crippen LogP contribution >= 0.6 is 0 Å². The molecule has 0 saturated heterocycles. The summed E-state index contributed by atoms with van der Waals surface area (Å²) in [5.41, 5.74) is 7.99. The fourth-order valence-electron chi connectivity index (χ4n) is 1.78. The van der Waals surface area contributed by atoms with Gasteiger partial charge >= 0.3 is 0 Å². The number of hydrogen-bond acceptors (Lipinski definition) is 3. The lowest BCUT2D eigenvalue weighted by Crippen LogP contribution is -2.29. The normalized spacial score (nSPS) is 10.4. The van der Waals surface area contributed by atoms with Crippen molar-refractivity contribution in [1.29, 1.82) is 0 Å². The molecule has 5 nitrogen and oxygen atoms in total. The number of hydrogen-bond donors (Lipinski definition) is 2. The van der Waals surface area contributed by atoms with Crippen molar-refractivity contribution in [3.05, 3.63) is 53.6 Å². The van der Waals surface area contributed by atoms with Crippen LogP contribution in [0.2, 0.25) is 0 Å². The molecule has 100 valence electrons. The van der Waals surface area contributed by atoms with Gasteiger partial charge in [-0.1, -0.05) is 6.07 Å². The van der Waals surface area contributed by atoms with Crippen LogP contribution in [0.4, 0.5) is 0 Å². The lowest BCUT2D eigenvalue weighted by atomic mass is 10.2. The van der Waals surface area contributed by atoms with E-state index in [2.05, 4.69) is 9.97 Å². The quantitative estimate of drug-likeness (QED) is 0.845. The standard InChI is InChI=1S/C14H18N4O/c1-18(8-6-12-3-2-7-16-12)14(19)13-5-4-11(9-15)10-17-13/h2-5,7,10,16H,6,8-9,15H2,1H3. The Balaban J connectivity index is 1.94. The Labute approximate surface area is 112 Å². The number of aromatic amines is 1. The number of rotatable bonds is 5. The lowest BCUT2D eigenvalue weighted by Gasteiger charge is -2.16. The van der Waals surface area contributed by atoms with E-state index in [1.165, 1.54) is 0 Å². The van der Waals surface area contributed by atoms with Crippen molar-refractivity contribution in [2.45, 2.75) is 13.0 Å². The molecule has 0 fully saturated rings. The van der Waals surface area contributed by atoms with E-state index >= 15 is 0 Å². The molecule has 3 N–H and O–H groups in total. The summed E-state index contributed by atoms with van der Waals surface area (Å²) in [6.07, 6.45) is 4.33. The number of nitrogens with zero attached hydrogens (tertiary/aromatic N) is 2. The number of H-pyrrole nitrogens is 1. The minimum atomic E-state index is -0.0740. The Kier molecular flexibility index (Phi) is 4.30. The van der Waals surface area contributed by atoms with E-state index in [1.54, 1.807) is 24.2 Å². The predicted octanol–water partition coefficient (Wildman–Crippen LogP) is 1.18. The Hall–Kier alpha value is -2.14. The van der Waals surface area contributed by atoms with Gasteiger partial charge < -0.3 is 15.6 Å². The Bertz CT molecular complexity index is 519. The molecule has 1 amide bonds. The van der Waals surface area contributed by atoms with Crippen molar-refractivity contribution in [2.75, 3.05) is 13.6 Å². The van der Waals surface area contributed by atoms with Gasteiger partial charge in [-0.15, -0.1) is 0 Å². The van der Waals surface area contributed by atoms with E-state index < -0.39 is 0 Å². The van der Waals surface area contributed by atoms with E-state index in [9.17, 15) is 4.79 Å². The van der Waals surface area contributed by atoms with Crippen LogP contribution in [0.1, 0.15) is 21.7 Å². The zero-order valence-electron chi connectivity index (χ0n) is 11.0. The SMILES string of the molecule is CN(CCc1ccc[nH]1)C(=O)c1ccc(CN)cn1. The van der Waals surface area contributed by atoms with Crippen molar-refractivity contribution in [3.8, 4) is 0 Å². The minimum Gasteiger partial charge on any atom is -0.365 e. The van der Waals surface area contributed by atoms with Crippen LogP contribution in [0.25, 0.3) is 0 Å². The van der Waals surface area contributed by atoms with Crippen LogP contribution in [0, 0.1) is 0 Å². The second-order valence-electron chi connectivity index (χ2n) is 4.43. The van der Waals surface area contributed by atoms with Gasteiger partial charge in [0.05, 0.1) is 0 Å². The molecule has 0 spiro atoms. The van der Waals surface area contributed by atoms with Gasteiger partial charge in [-0.3, -0.25) is 9.78 Å². The first-order valence-corrected chi connectivity index (χ1v) is 6.23. The Morgan fingerprint density at radius 1 is 1.42 bits per heavy atom. The number of carbonyl (C=O) groups is 1. The first-order valence-electron chi connectivity index (χ1n) is 6.23. The largest absolute Gasteiger partial charge is 0.365 e. The highest BCUT2D eigenvalue weighted by Gasteiger charge is 2.12. The number of likely N-dealkylation sites (N-methyl/N-ethyl adjacent to an activating group) is 1. The molecule has 0 unspecified atom stereocenters. The van der Waals surface area contributed by atoms with Crippen molar-refractivity contribution in [3.63, 3.8) is 0 Å². The van der Waals surface area contributed by atoms with Crippen LogP contribution < -0.4 is 5.73 Å². The third kappa shape index (κ3) is 3.42. The van der Waals surface area contributed by atoms with Crippen LogP contribution in [0.15, 0.2) is 36.7 Å². The van der Waals surface area contributed by atoms with E-state index in [-0.39, 0.29) is 5.91 Å². The molecular formula is C14H18N4O. The third-order valence-electron chi connectivity index (χ3n) is 3.01. The highest BCUT2D eigenvalue weighted by molar-refractivity contribution is 5.92. The molecule has 0 aliphatic rings. The topological polar surface area (TPSA) is 75.0 Å². The fraction of sp³-hybridized carbons (Fsp3) is 0.286. The molecule has 0 aromatic carbocycles. The molecule has 0 aliphatic heterocycles. The Morgan fingerprint density at radius 2 is 2.26 bits per heavy atom. The number of pyridine rings is 1. The average molecular weight is 258 g/mol. The summed E-state index contributed by atoms with van der Waals surface area (Å²) in [6, 6.07) is 7.51. The van der Waals surface area contributed by atoms with Gasteiger partial charge in [-0.2, -0.15) is 0 Å². The van der Waals surface area contributed by atoms with Crippen molar-refractivity contribution in [1.82, 2.24) is 14.9 Å². The number of nitrogens with one attached hydrogen (secondary N) is 1. The highest BCUT2D eigenvalue weighted by atomic mass is 16.2. The van der Waals surface area contributed by atoms with E-state index in [0.717, 1.165) is 17.7 Å². The van der Waals surface area contributed by atoms with Gasteiger partial charge in [0.2, 0.25) is 0 Å². The van der Waals surface area contributed by atoms with Gasteiger partial charge in [0.1, 0.15) is 5.69 Å². The van der Waals surface area contributed by atoms with Crippen LogP contribution in [-0.2, 0) is 13.0 Å². The smallest absolute Gasteiger partial charge is 0.272 e. The molecule has 0 saturated carbocycles. The molecule has 2 rings (SSSR count). The fourth-order valence-corrected chi connectivity index (χ4v) is 1.78. The number of amides is 1. The first-order chi connectivity index (χ1) is 9.20. The van der Waals surface area contributed by atoms with E-state index in [0.29, 0.717) is 18.8 Å². The number of nitrogens with two attached hydrogens (primary N) is 1. The van der Waals surface area contributed by atoms with Crippen molar-refractivity contribution < 1.29 is 4.79 Å². The average Bonchev–Trinajstić information content (AvgIpc) is 2.97. The summed E-state index contributed by atoms with van der Waals surface area (Å²) in [5, 5.41) is 0. The van der Waals surface area contributed by atoms with E-state index in [1.807, 2.05) is 24.4 Å². The molecule has 2 heterocycles. The zero-order valence-corrected chi connectivity index (χ0v) is 11.0. The molecule has 2 aromatic heterocycles. The second kappa shape index (κ2) is 6.15. The molecule has 0 bridgehead atoms. The maximum atomic E-state index is 12.1. The summed E-state index contributed by atoms with van der Waals surface area (Å²) in [5.74, 6) is -0.0740. The monoisotopic (exact) mass is 258 g/mol. The summed E-state index contributed by atoms with van der Waals surface area (Å²) >= 11 is 0. The Morgan fingerprint density at radius 3 is 2.84 bits per heavy atom. The molecule has 19 heavy (non-hydrogen) atoms. The van der Waals surface area contributed by atoms with Gasteiger partial charge in [-0.25, -0.2) is 0 Å². The number of carbonyl (C=O) groups excluding carboxylic acids is 1. The maximum absolute atomic E-state index is 12.1. The van der Waals surface area contributed by atoms with E-state index in [4.69, 9.17) is 5.73 Å². The molecule has 0 atom stereocenters. The predicted molar refractivity (Wildman–Crippen MR) is 73.6 cm³/mol. The lowest BCUT2D eigenvalue weighted by molar-refractivity contribution is 0.0790. The molecule has 0 radical (unpaired) electrons. The van der Waals surface area contributed by atoms with Crippen LogP contribution in [0.3, 0.4) is 0 Å². The zero-order chi connectivity index (χ0) is 13.7. The summed E-state index contributed by atoms with van der Waals surface area (Å²) in [6.45, 7) is 1.09. The van der Waals surface area contributed by atoms with Gasteiger partial charge in [-0.05, 0) is 23.8 Å². The molecule has 5 heteroatoms. The highest BCUT2D eigenvalue weighted by Crippen LogP contribution is 2.04. The molecule has 2 aromatic rings. The summed E-state index contributed by atoms with van der Waals surface area (Å²) in [4.78, 5) is 21.1. The third-order valence-corrected chi connectivity index (χ3v) is 3.01.